The zero-order valence-electron chi connectivity index (χ0n) is 9.74. The Morgan fingerprint density at radius 2 is 1.94 bits per heavy atom. The predicted octanol–water partition coefficient (Wildman–Crippen LogP) is 4.05. The number of aryl methyl sites for hydroxylation is 1. The van der Waals surface area contributed by atoms with Crippen molar-refractivity contribution in [3.63, 3.8) is 0 Å². The normalized spacial score (nSPS) is 10.3. The summed E-state index contributed by atoms with van der Waals surface area (Å²) in [6.07, 6.45) is 5.07. The first-order chi connectivity index (χ1) is 8.78. The lowest BCUT2D eigenvalue weighted by atomic mass is 10.1. The summed E-state index contributed by atoms with van der Waals surface area (Å²) >= 11 is 11.4. The molecule has 0 amide bonds. The molecule has 0 aliphatic heterocycles. The predicted molar refractivity (Wildman–Crippen MR) is 75.8 cm³/mol. The molecule has 0 saturated heterocycles. The third-order valence-electron chi connectivity index (χ3n) is 2.40. The molecule has 18 heavy (non-hydrogen) atoms. The van der Waals surface area contributed by atoms with Gasteiger partial charge in [0.25, 0.3) is 0 Å². The second-order valence-electron chi connectivity index (χ2n) is 3.84. The molecule has 0 unspecified atom stereocenters. The van der Waals surface area contributed by atoms with E-state index in [1.54, 1.807) is 12.4 Å². The fourth-order valence-corrected chi connectivity index (χ4v) is 1.81. The van der Waals surface area contributed by atoms with Crippen LogP contribution in [0.2, 0.25) is 5.02 Å². The van der Waals surface area contributed by atoms with Crippen LogP contribution >= 0.6 is 23.2 Å². The molecule has 3 nitrogen and oxygen atoms in total. The Labute approximate surface area is 116 Å². The Balaban J connectivity index is 2.06. The van der Waals surface area contributed by atoms with Gasteiger partial charge >= 0.3 is 0 Å². The number of hydrogen-bond acceptors (Lipinski definition) is 3. The van der Waals surface area contributed by atoms with Crippen molar-refractivity contribution < 1.29 is 0 Å². The molecule has 1 N–H and O–H groups in total. The molecule has 1 aromatic carbocycles. The van der Waals surface area contributed by atoms with Gasteiger partial charge in [-0.25, -0.2) is 9.97 Å². The average molecular weight is 282 g/mol. The van der Waals surface area contributed by atoms with E-state index in [4.69, 9.17) is 23.2 Å². The van der Waals surface area contributed by atoms with Crippen LogP contribution in [-0.2, 0) is 6.42 Å². The van der Waals surface area contributed by atoms with Gasteiger partial charge in [-0.05, 0) is 30.5 Å². The second-order valence-corrected chi connectivity index (χ2v) is 4.66. The monoisotopic (exact) mass is 281 g/mol. The van der Waals surface area contributed by atoms with E-state index in [0.717, 1.165) is 18.5 Å². The zero-order chi connectivity index (χ0) is 12.8. The van der Waals surface area contributed by atoms with Crippen LogP contribution in [0.25, 0.3) is 0 Å². The molecule has 2 aromatic rings. The van der Waals surface area contributed by atoms with Crippen molar-refractivity contribution >= 4 is 34.8 Å². The first kappa shape index (κ1) is 13.1. The number of halogens is 2. The number of aromatic nitrogens is 2. The minimum absolute atomic E-state index is 0.524. The number of nitrogens with zero attached hydrogens (tertiary/aromatic N) is 2. The van der Waals surface area contributed by atoms with Crippen LogP contribution in [0, 0.1) is 0 Å². The van der Waals surface area contributed by atoms with Gasteiger partial charge < -0.3 is 5.32 Å². The smallest absolute Gasteiger partial charge is 0.227 e. The Kier molecular flexibility index (Phi) is 4.79. The summed E-state index contributed by atoms with van der Waals surface area (Å²) in [5.74, 6) is 1.21. The van der Waals surface area contributed by atoms with Crippen LogP contribution in [0.5, 0.6) is 0 Å². The molecule has 1 heterocycles. The molecular weight excluding hydrogens is 269 g/mol. The first-order valence-electron chi connectivity index (χ1n) is 5.67. The van der Waals surface area contributed by atoms with E-state index in [-0.39, 0.29) is 0 Å². The summed E-state index contributed by atoms with van der Waals surface area (Å²) in [5, 5.41) is 3.66. The fourth-order valence-electron chi connectivity index (χ4n) is 1.58. The van der Waals surface area contributed by atoms with Gasteiger partial charge in [-0.3, -0.25) is 0 Å². The summed E-state index contributed by atoms with van der Waals surface area (Å²) < 4.78 is 0. The van der Waals surface area contributed by atoms with Crippen molar-refractivity contribution in [3.8, 4) is 0 Å². The number of rotatable bonds is 5. The summed E-state index contributed by atoms with van der Waals surface area (Å²) in [5.41, 5.74) is 2.21. The van der Waals surface area contributed by atoms with Gasteiger partial charge in [0.2, 0.25) is 5.95 Å². The Morgan fingerprint density at radius 3 is 2.67 bits per heavy atom. The zero-order valence-corrected chi connectivity index (χ0v) is 11.2. The van der Waals surface area contributed by atoms with Crippen molar-refractivity contribution in [2.24, 2.45) is 0 Å². The molecule has 94 valence electrons. The molecule has 0 radical (unpaired) electrons. The SMILES string of the molecule is ClCCCc1cccc(Nc2ncc(Cl)cn2)c1. The average Bonchev–Trinajstić information content (AvgIpc) is 2.40. The molecule has 0 aliphatic rings. The Bertz CT molecular complexity index is 500. The molecular formula is C13H13Cl2N3. The van der Waals surface area contributed by atoms with Crippen molar-refractivity contribution in [3.05, 3.63) is 47.2 Å². The van der Waals surface area contributed by atoms with E-state index in [1.807, 2.05) is 12.1 Å². The summed E-state index contributed by atoms with van der Waals surface area (Å²) in [6, 6.07) is 8.13. The highest BCUT2D eigenvalue weighted by atomic mass is 35.5. The van der Waals surface area contributed by atoms with Gasteiger partial charge in [0.05, 0.1) is 17.4 Å². The Hall–Kier alpha value is -1.32. The van der Waals surface area contributed by atoms with E-state index >= 15 is 0 Å². The summed E-state index contributed by atoms with van der Waals surface area (Å²) in [7, 11) is 0. The maximum Gasteiger partial charge on any atom is 0.227 e. The van der Waals surface area contributed by atoms with Gasteiger partial charge in [-0.15, -0.1) is 11.6 Å². The van der Waals surface area contributed by atoms with Gasteiger partial charge in [-0.2, -0.15) is 0 Å². The fraction of sp³-hybridized carbons (Fsp3) is 0.231. The highest BCUT2D eigenvalue weighted by Gasteiger charge is 1.99. The largest absolute Gasteiger partial charge is 0.324 e. The van der Waals surface area contributed by atoms with Crippen LogP contribution in [0.4, 0.5) is 11.6 Å². The topological polar surface area (TPSA) is 37.8 Å². The number of nitrogens with one attached hydrogen (secondary N) is 1. The van der Waals surface area contributed by atoms with E-state index in [2.05, 4.69) is 27.4 Å². The minimum Gasteiger partial charge on any atom is -0.324 e. The maximum absolute atomic E-state index is 5.73. The highest BCUT2D eigenvalue weighted by Crippen LogP contribution is 2.16. The van der Waals surface area contributed by atoms with Crippen molar-refractivity contribution in [1.82, 2.24) is 9.97 Å². The van der Waals surface area contributed by atoms with E-state index < -0.39 is 0 Å². The van der Waals surface area contributed by atoms with Crippen LogP contribution in [0.3, 0.4) is 0 Å². The number of hydrogen-bond donors (Lipinski definition) is 1. The lowest BCUT2D eigenvalue weighted by Crippen LogP contribution is -1.97. The van der Waals surface area contributed by atoms with E-state index in [9.17, 15) is 0 Å². The van der Waals surface area contributed by atoms with Crippen molar-refractivity contribution in [1.29, 1.82) is 0 Å². The third kappa shape index (κ3) is 3.86. The molecule has 0 aliphatic carbocycles. The maximum atomic E-state index is 5.73. The van der Waals surface area contributed by atoms with Crippen LogP contribution in [-0.4, -0.2) is 15.8 Å². The third-order valence-corrected chi connectivity index (χ3v) is 2.86. The Morgan fingerprint density at radius 1 is 1.17 bits per heavy atom. The molecule has 0 bridgehead atoms. The number of benzene rings is 1. The van der Waals surface area contributed by atoms with Crippen LogP contribution in [0.1, 0.15) is 12.0 Å². The van der Waals surface area contributed by atoms with Crippen molar-refractivity contribution in [2.45, 2.75) is 12.8 Å². The van der Waals surface area contributed by atoms with E-state index in [0.29, 0.717) is 16.9 Å². The van der Waals surface area contributed by atoms with Crippen LogP contribution in [0.15, 0.2) is 36.7 Å². The van der Waals surface area contributed by atoms with Crippen LogP contribution < -0.4 is 5.32 Å². The molecule has 2 rings (SSSR count). The quantitative estimate of drug-likeness (QED) is 0.841. The first-order valence-corrected chi connectivity index (χ1v) is 6.58. The lowest BCUT2D eigenvalue weighted by Gasteiger charge is -2.06. The molecule has 0 saturated carbocycles. The van der Waals surface area contributed by atoms with Gasteiger partial charge in [0.15, 0.2) is 0 Å². The summed E-state index contributed by atoms with van der Waals surface area (Å²) in [4.78, 5) is 8.18. The molecule has 0 fully saturated rings. The van der Waals surface area contributed by atoms with E-state index in [1.165, 1.54) is 5.56 Å². The van der Waals surface area contributed by atoms with Gasteiger partial charge in [0.1, 0.15) is 0 Å². The minimum atomic E-state index is 0.524. The van der Waals surface area contributed by atoms with Gasteiger partial charge in [0, 0.05) is 11.6 Å². The number of alkyl halides is 1. The molecule has 0 spiro atoms. The lowest BCUT2D eigenvalue weighted by molar-refractivity contribution is 0.929. The van der Waals surface area contributed by atoms with Gasteiger partial charge in [-0.1, -0.05) is 23.7 Å². The highest BCUT2D eigenvalue weighted by molar-refractivity contribution is 6.30. The summed E-state index contributed by atoms with van der Waals surface area (Å²) in [6.45, 7) is 0. The number of anilines is 2. The van der Waals surface area contributed by atoms with Crippen molar-refractivity contribution in [2.75, 3.05) is 11.2 Å². The molecule has 1 aromatic heterocycles. The molecule has 0 atom stereocenters. The second kappa shape index (κ2) is 6.57. The molecule has 5 heteroatoms. The standard InChI is InChI=1S/C13H13Cl2N3/c14-6-2-4-10-3-1-5-12(7-10)18-13-16-8-11(15)9-17-13/h1,3,5,7-9H,2,4,6H2,(H,16,17,18).